The van der Waals surface area contributed by atoms with E-state index in [0.29, 0.717) is 0 Å². The predicted molar refractivity (Wildman–Crippen MR) is 132 cm³/mol. The lowest BCUT2D eigenvalue weighted by molar-refractivity contribution is -0.278. The van der Waals surface area contributed by atoms with Crippen LogP contribution >= 0.6 is 0 Å². The standard InChI is InChI=1S/C27H37NO9/c1-26(2,3)36-23(30)18(28-25(31)37-27(4,5)6)12-13-21(29)34-19-14-15-32-20-16-33-24(35-22(19)20)17-10-8-7-9-11-17/h7-11,14-15,18-20,22,24H,12-13,16H2,1-6H3,(H,28,31)/t18-,19+,20+,22-,24+/m0/s1. The van der Waals surface area contributed by atoms with E-state index in [4.69, 9.17) is 28.4 Å². The molecule has 2 heterocycles. The van der Waals surface area contributed by atoms with Gasteiger partial charge in [-0.1, -0.05) is 30.3 Å². The normalized spacial score (nSPS) is 24.2. The molecule has 0 spiro atoms. The number of alkyl carbamates (subject to hydrolysis) is 1. The monoisotopic (exact) mass is 519 g/mol. The van der Waals surface area contributed by atoms with Gasteiger partial charge in [-0.25, -0.2) is 9.59 Å². The van der Waals surface area contributed by atoms with Crippen molar-refractivity contribution in [1.29, 1.82) is 0 Å². The molecule has 0 bridgehead atoms. The lowest BCUT2D eigenvalue weighted by Gasteiger charge is -2.40. The van der Waals surface area contributed by atoms with Gasteiger partial charge < -0.3 is 33.7 Å². The number of benzene rings is 1. The maximum atomic E-state index is 12.8. The summed E-state index contributed by atoms with van der Waals surface area (Å²) in [5.74, 6) is -1.24. The van der Waals surface area contributed by atoms with E-state index in [9.17, 15) is 14.4 Å². The topological polar surface area (TPSA) is 119 Å². The molecule has 204 valence electrons. The van der Waals surface area contributed by atoms with Crippen LogP contribution in [-0.4, -0.2) is 60.2 Å². The minimum Gasteiger partial charge on any atom is -0.493 e. The van der Waals surface area contributed by atoms with E-state index >= 15 is 0 Å². The Kier molecular flexibility index (Phi) is 9.20. The fourth-order valence-corrected chi connectivity index (χ4v) is 3.72. The van der Waals surface area contributed by atoms with Crippen LogP contribution in [0, 0.1) is 0 Å². The molecule has 1 aromatic carbocycles. The molecule has 1 saturated heterocycles. The zero-order valence-electron chi connectivity index (χ0n) is 22.2. The Balaban J connectivity index is 1.61. The zero-order valence-corrected chi connectivity index (χ0v) is 22.2. The van der Waals surface area contributed by atoms with Crippen LogP contribution in [0.15, 0.2) is 42.7 Å². The first kappa shape index (κ1) is 28.5. The number of amides is 1. The number of nitrogens with one attached hydrogen (secondary N) is 1. The highest BCUT2D eigenvalue weighted by atomic mass is 16.7. The zero-order chi connectivity index (χ0) is 27.2. The minimum atomic E-state index is -1.10. The molecule has 0 aromatic heterocycles. The molecular weight excluding hydrogens is 482 g/mol. The highest BCUT2D eigenvalue weighted by molar-refractivity contribution is 5.82. The summed E-state index contributed by atoms with van der Waals surface area (Å²) in [6.45, 7) is 10.5. The molecule has 1 amide bonds. The number of carbonyl (C=O) groups excluding carboxylic acids is 3. The molecule has 0 unspecified atom stereocenters. The Morgan fingerprint density at radius 3 is 2.35 bits per heavy atom. The third-order valence-electron chi connectivity index (χ3n) is 5.26. The van der Waals surface area contributed by atoms with E-state index in [2.05, 4.69) is 5.32 Å². The van der Waals surface area contributed by atoms with E-state index in [1.165, 1.54) is 6.26 Å². The van der Waals surface area contributed by atoms with Crippen molar-refractivity contribution in [3.05, 3.63) is 48.2 Å². The predicted octanol–water partition coefficient (Wildman–Crippen LogP) is 3.94. The fraction of sp³-hybridized carbons (Fsp3) is 0.593. The van der Waals surface area contributed by atoms with Gasteiger partial charge >= 0.3 is 18.0 Å². The SMILES string of the molecule is CC(C)(C)OC(=O)N[C@@H](CCC(=O)O[C@@H]1C=CO[C@@H]2CO[C@@H](c3ccccc3)O[C@@H]12)C(=O)OC(C)(C)C. The Hall–Kier alpha value is -3.11. The quantitative estimate of drug-likeness (QED) is 0.422. The maximum absolute atomic E-state index is 12.8. The molecule has 0 radical (unpaired) electrons. The third kappa shape index (κ3) is 9.05. The van der Waals surface area contributed by atoms with E-state index in [0.717, 1.165) is 5.56 Å². The molecule has 10 nitrogen and oxygen atoms in total. The minimum absolute atomic E-state index is 0.0371. The van der Waals surface area contributed by atoms with Crippen molar-refractivity contribution in [3.8, 4) is 0 Å². The lowest BCUT2D eigenvalue weighted by atomic mass is 10.0. The third-order valence-corrected chi connectivity index (χ3v) is 5.26. The van der Waals surface area contributed by atoms with Gasteiger partial charge in [0.1, 0.15) is 23.3 Å². The largest absolute Gasteiger partial charge is 0.493 e. The van der Waals surface area contributed by atoms with Gasteiger partial charge in [-0.2, -0.15) is 0 Å². The van der Waals surface area contributed by atoms with E-state index < -0.39 is 59.9 Å². The van der Waals surface area contributed by atoms with Gasteiger partial charge in [-0.15, -0.1) is 0 Å². The van der Waals surface area contributed by atoms with Gasteiger partial charge in [0.2, 0.25) is 0 Å². The number of esters is 2. The summed E-state index contributed by atoms with van der Waals surface area (Å²) in [5.41, 5.74) is -0.688. The molecular formula is C27H37NO9. The highest BCUT2D eigenvalue weighted by Crippen LogP contribution is 2.32. The molecule has 2 aliphatic rings. The molecule has 10 heteroatoms. The van der Waals surface area contributed by atoms with Crippen LogP contribution in [0.25, 0.3) is 0 Å². The maximum Gasteiger partial charge on any atom is 0.408 e. The van der Waals surface area contributed by atoms with Crippen molar-refractivity contribution in [3.63, 3.8) is 0 Å². The van der Waals surface area contributed by atoms with E-state index in [-0.39, 0.29) is 19.4 Å². The van der Waals surface area contributed by atoms with Crippen molar-refractivity contribution in [2.75, 3.05) is 6.61 Å². The summed E-state index contributed by atoms with van der Waals surface area (Å²) < 4.78 is 33.8. The van der Waals surface area contributed by atoms with Crippen molar-refractivity contribution in [2.24, 2.45) is 0 Å². The summed E-state index contributed by atoms with van der Waals surface area (Å²) in [6.07, 6.45) is -0.242. The van der Waals surface area contributed by atoms with E-state index in [1.54, 1.807) is 47.6 Å². The molecule has 5 atom stereocenters. The van der Waals surface area contributed by atoms with Crippen LogP contribution in [0.5, 0.6) is 0 Å². The summed E-state index contributed by atoms with van der Waals surface area (Å²) in [6, 6.07) is 8.35. The van der Waals surface area contributed by atoms with Crippen LogP contribution in [0.3, 0.4) is 0 Å². The summed E-state index contributed by atoms with van der Waals surface area (Å²) in [4.78, 5) is 37.8. The summed E-state index contributed by atoms with van der Waals surface area (Å²) in [7, 11) is 0. The molecule has 37 heavy (non-hydrogen) atoms. The van der Waals surface area contributed by atoms with Crippen molar-refractivity contribution in [2.45, 2.75) is 96.2 Å². The highest BCUT2D eigenvalue weighted by Gasteiger charge is 2.42. The number of carbonyl (C=O) groups is 3. The van der Waals surface area contributed by atoms with Gasteiger partial charge in [0.05, 0.1) is 12.9 Å². The number of hydrogen-bond donors (Lipinski definition) is 1. The first-order chi connectivity index (χ1) is 17.3. The second kappa shape index (κ2) is 12.0. The first-order valence-corrected chi connectivity index (χ1v) is 12.4. The molecule has 0 saturated carbocycles. The second-order valence-corrected chi connectivity index (χ2v) is 10.9. The van der Waals surface area contributed by atoms with Crippen LogP contribution in [0.2, 0.25) is 0 Å². The van der Waals surface area contributed by atoms with Crippen molar-refractivity contribution in [1.82, 2.24) is 5.32 Å². The average Bonchev–Trinajstić information content (AvgIpc) is 2.80. The molecule has 1 fully saturated rings. The van der Waals surface area contributed by atoms with Gasteiger partial charge in [0.25, 0.3) is 0 Å². The van der Waals surface area contributed by atoms with Crippen LogP contribution < -0.4 is 5.32 Å². The fourth-order valence-electron chi connectivity index (χ4n) is 3.72. The van der Waals surface area contributed by atoms with E-state index in [1.807, 2.05) is 30.3 Å². The second-order valence-electron chi connectivity index (χ2n) is 10.9. The molecule has 1 aromatic rings. The van der Waals surface area contributed by atoms with Crippen molar-refractivity contribution >= 4 is 18.0 Å². The van der Waals surface area contributed by atoms with Gasteiger partial charge in [0, 0.05) is 12.0 Å². The Morgan fingerprint density at radius 1 is 1.03 bits per heavy atom. The number of ether oxygens (including phenoxy) is 6. The Morgan fingerprint density at radius 2 is 1.70 bits per heavy atom. The average molecular weight is 520 g/mol. The lowest BCUT2D eigenvalue weighted by Crippen LogP contribution is -2.50. The number of hydrogen-bond acceptors (Lipinski definition) is 9. The Bertz CT molecular complexity index is 964. The first-order valence-electron chi connectivity index (χ1n) is 12.4. The van der Waals surface area contributed by atoms with Gasteiger partial charge in [-0.05, 0) is 54.0 Å². The van der Waals surface area contributed by atoms with Crippen LogP contribution in [-0.2, 0) is 38.0 Å². The van der Waals surface area contributed by atoms with Crippen LogP contribution in [0.1, 0.15) is 66.2 Å². The van der Waals surface area contributed by atoms with Gasteiger partial charge in [-0.3, -0.25) is 4.79 Å². The summed E-state index contributed by atoms with van der Waals surface area (Å²) in [5, 5.41) is 2.51. The van der Waals surface area contributed by atoms with Gasteiger partial charge in [0.15, 0.2) is 18.5 Å². The number of fused-ring (bicyclic) bond motifs is 1. The van der Waals surface area contributed by atoms with Crippen molar-refractivity contribution < 1.29 is 42.8 Å². The molecule has 3 rings (SSSR count). The van der Waals surface area contributed by atoms with Crippen LogP contribution in [0.4, 0.5) is 4.79 Å². The summed E-state index contributed by atoms with van der Waals surface area (Å²) >= 11 is 0. The Labute approximate surface area is 217 Å². The molecule has 0 aliphatic carbocycles. The number of rotatable bonds is 7. The molecule has 2 aliphatic heterocycles. The molecule has 1 N–H and O–H groups in total. The smallest absolute Gasteiger partial charge is 0.408 e.